The monoisotopic (exact) mass is 538 g/mol. The molecule has 0 bridgehead atoms. The molecule has 0 spiro atoms. The Bertz CT molecular complexity index is 465. The zero-order valence-corrected chi connectivity index (χ0v) is 26.5. The number of ketones is 1. The van der Waals surface area contributed by atoms with Gasteiger partial charge in [-0.2, -0.15) is 0 Å². The predicted octanol–water partition coefficient (Wildman–Crippen LogP) is 10.7. The molecule has 3 heteroatoms. The van der Waals surface area contributed by atoms with Crippen LogP contribution in [0.1, 0.15) is 194 Å². The lowest BCUT2D eigenvalue weighted by molar-refractivity contribution is -0.121. The fourth-order valence-electron chi connectivity index (χ4n) is 5.44. The maximum Gasteiger partial charge on any atom is 0.135 e. The number of carbonyl (C=O) groups excluding carboxylic acids is 1. The SMILES string of the molecule is CCCCCCCCCCCC(=O)CC(O)CNCCCCCCCCCCCCCCCCCC(C)C. The summed E-state index contributed by atoms with van der Waals surface area (Å²) in [7, 11) is 0. The van der Waals surface area contributed by atoms with Crippen LogP contribution in [0.15, 0.2) is 0 Å². The molecule has 0 aromatic heterocycles. The summed E-state index contributed by atoms with van der Waals surface area (Å²) in [5.74, 6) is 1.11. The van der Waals surface area contributed by atoms with Crippen molar-refractivity contribution in [3.63, 3.8) is 0 Å². The van der Waals surface area contributed by atoms with Crippen LogP contribution in [0.2, 0.25) is 0 Å². The molecule has 0 saturated carbocycles. The van der Waals surface area contributed by atoms with Crippen LogP contribution in [0, 0.1) is 5.92 Å². The summed E-state index contributed by atoms with van der Waals surface area (Å²) in [6.07, 6.45) is 34.2. The maximum atomic E-state index is 12.1. The van der Waals surface area contributed by atoms with Crippen LogP contribution in [-0.4, -0.2) is 30.1 Å². The number of unbranched alkanes of at least 4 members (excludes halogenated alkanes) is 22. The van der Waals surface area contributed by atoms with Gasteiger partial charge < -0.3 is 10.4 Å². The Balaban J connectivity index is 3.25. The third kappa shape index (κ3) is 31.8. The second-order valence-corrected chi connectivity index (χ2v) is 12.7. The molecule has 0 aromatic rings. The van der Waals surface area contributed by atoms with E-state index in [-0.39, 0.29) is 5.78 Å². The Morgan fingerprint density at radius 3 is 1.42 bits per heavy atom. The van der Waals surface area contributed by atoms with Gasteiger partial charge in [0.05, 0.1) is 6.10 Å². The molecule has 0 amide bonds. The van der Waals surface area contributed by atoms with Crippen molar-refractivity contribution in [2.24, 2.45) is 5.92 Å². The van der Waals surface area contributed by atoms with Crippen LogP contribution in [-0.2, 0) is 4.79 Å². The number of aliphatic hydroxyl groups is 1. The highest BCUT2D eigenvalue weighted by atomic mass is 16.3. The van der Waals surface area contributed by atoms with E-state index in [1.54, 1.807) is 0 Å². The Hall–Kier alpha value is -0.410. The molecule has 3 nitrogen and oxygen atoms in total. The van der Waals surface area contributed by atoms with Gasteiger partial charge in [0.1, 0.15) is 5.78 Å². The minimum absolute atomic E-state index is 0.231. The fourth-order valence-corrected chi connectivity index (χ4v) is 5.44. The molecule has 0 radical (unpaired) electrons. The van der Waals surface area contributed by atoms with Crippen molar-refractivity contribution in [2.45, 2.75) is 200 Å². The van der Waals surface area contributed by atoms with Crippen molar-refractivity contribution >= 4 is 5.78 Å². The highest BCUT2D eigenvalue weighted by molar-refractivity contribution is 5.78. The zero-order valence-electron chi connectivity index (χ0n) is 26.5. The number of hydrogen-bond donors (Lipinski definition) is 2. The van der Waals surface area contributed by atoms with Crippen LogP contribution >= 0.6 is 0 Å². The van der Waals surface area contributed by atoms with E-state index in [1.807, 2.05) is 0 Å². The average Bonchev–Trinajstić information content (AvgIpc) is 2.88. The van der Waals surface area contributed by atoms with E-state index in [0.717, 1.165) is 25.3 Å². The summed E-state index contributed by atoms with van der Waals surface area (Å²) in [5, 5.41) is 13.5. The lowest BCUT2D eigenvalue weighted by Gasteiger charge is -2.11. The minimum Gasteiger partial charge on any atom is -0.391 e. The molecule has 0 aromatic carbocycles. The first-order chi connectivity index (χ1) is 18.6. The molecule has 0 aliphatic rings. The van der Waals surface area contributed by atoms with Gasteiger partial charge in [0.2, 0.25) is 0 Å². The molecule has 0 saturated heterocycles. The Labute approximate surface area is 240 Å². The summed E-state index contributed by atoms with van der Waals surface area (Å²) < 4.78 is 0. The number of carbonyl (C=O) groups is 1. The summed E-state index contributed by atoms with van der Waals surface area (Å²) in [6, 6.07) is 0. The minimum atomic E-state index is -0.518. The highest BCUT2D eigenvalue weighted by Crippen LogP contribution is 2.15. The van der Waals surface area contributed by atoms with Gasteiger partial charge in [0.15, 0.2) is 0 Å². The molecular formula is C35H71NO2. The van der Waals surface area contributed by atoms with E-state index in [1.165, 1.54) is 148 Å². The molecule has 0 fully saturated rings. The highest BCUT2D eigenvalue weighted by Gasteiger charge is 2.10. The van der Waals surface area contributed by atoms with Gasteiger partial charge in [0.25, 0.3) is 0 Å². The third-order valence-electron chi connectivity index (χ3n) is 8.04. The van der Waals surface area contributed by atoms with Crippen LogP contribution in [0.25, 0.3) is 0 Å². The van der Waals surface area contributed by atoms with Crippen molar-refractivity contribution in [3.8, 4) is 0 Å². The fraction of sp³-hybridized carbons (Fsp3) is 0.971. The first-order valence-corrected chi connectivity index (χ1v) is 17.5. The standard InChI is InChI=1S/C35H71NO2/c1-4-5-6-7-8-16-20-23-26-29-34(37)31-35(38)32-36-30-27-24-21-18-15-13-11-9-10-12-14-17-19-22-25-28-33(2)3/h33,35-36,38H,4-32H2,1-3H3. The van der Waals surface area contributed by atoms with Crippen molar-refractivity contribution < 1.29 is 9.90 Å². The van der Waals surface area contributed by atoms with E-state index in [4.69, 9.17) is 0 Å². The molecular weight excluding hydrogens is 466 g/mol. The molecule has 0 heterocycles. The molecule has 0 aliphatic heterocycles. The molecule has 228 valence electrons. The quantitative estimate of drug-likeness (QED) is 0.0839. The van der Waals surface area contributed by atoms with Crippen molar-refractivity contribution in [1.82, 2.24) is 5.32 Å². The predicted molar refractivity (Wildman–Crippen MR) is 169 cm³/mol. The molecule has 38 heavy (non-hydrogen) atoms. The topological polar surface area (TPSA) is 49.3 Å². The van der Waals surface area contributed by atoms with Crippen LogP contribution in [0.5, 0.6) is 0 Å². The van der Waals surface area contributed by atoms with Crippen LogP contribution < -0.4 is 5.32 Å². The van der Waals surface area contributed by atoms with Gasteiger partial charge in [0, 0.05) is 19.4 Å². The normalized spacial score (nSPS) is 12.4. The third-order valence-corrected chi connectivity index (χ3v) is 8.04. The van der Waals surface area contributed by atoms with Crippen LogP contribution in [0.4, 0.5) is 0 Å². The maximum absolute atomic E-state index is 12.1. The number of Topliss-reactive ketones (excluding diaryl/α,β-unsaturated/α-hetero) is 1. The Morgan fingerprint density at radius 2 is 0.974 bits per heavy atom. The van der Waals surface area contributed by atoms with E-state index in [0.29, 0.717) is 19.4 Å². The summed E-state index contributed by atoms with van der Waals surface area (Å²) in [5.41, 5.74) is 0. The van der Waals surface area contributed by atoms with E-state index >= 15 is 0 Å². The Kier molecular flexibility index (Phi) is 30.8. The first kappa shape index (κ1) is 37.6. The van der Waals surface area contributed by atoms with Crippen LogP contribution in [0.3, 0.4) is 0 Å². The lowest BCUT2D eigenvalue weighted by Crippen LogP contribution is -2.29. The average molecular weight is 538 g/mol. The largest absolute Gasteiger partial charge is 0.391 e. The number of nitrogens with one attached hydrogen (secondary N) is 1. The summed E-state index contributed by atoms with van der Waals surface area (Å²) in [6.45, 7) is 8.44. The summed E-state index contributed by atoms with van der Waals surface area (Å²) in [4.78, 5) is 12.1. The molecule has 1 unspecified atom stereocenters. The van der Waals surface area contributed by atoms with Gasteiger partial charge in [-0.25, -0.2) is 0 Å². The molecule has 1 atom stereocenters. The van der Waals surface area contributed by atoms with Crippen molar-refractivity contribution in [1.29, 1.82) is 0 Å². The smallest absolute Gasteiger partial charge is 0.135 e. The Morgan fingerprint density at radius 1 is 0.579 bits per heavy atom. The van der Waals surface area contributed by atoms with Gasteiger partial charge in [-0.1, -0.05) is 168 Å². The van der Waals surface area contributed by atoms with E-state index < -0.39 is 6.10 Å². The van der Waals surface area contributed by atoms with Crippen molar-refractivity contribution in [2.75, 3.05) is 13.1 Å². The zero-order chi connectivity index (χ0) is 27.9. The van der Waals surface area contributed by atoms with Gasteiger partial charge in [-0.3, -0.25) is 4.79 Å². The molecule has 0 rings (SSSR count). The number of aliphatic hydroxyl groups excluding tert-OH is 1. The summed E-state index contributed by atoms with van der Waals surface area (Å²) >= 11 is 0. The van der Waals surface area contributed by atoms with Gasteiger partial charge >= 0.3 is 0 Å². The van der Waals surface area contributed by atoms with Crippen molar-refractivity contribution in [3.05, 3.63) is 0 Å². The second kappa shape index (κ2) is 31.1. The lowest BCUT2D eigenvalue weighted by atomic mass is 10.0. The number of rotatable bonds is 32. The molecule has 2 N–H and O–H groups in total. The van der Waals surface area contributed by atoms with E-state index in [2.05, 4.69) is 26.1 Å². The van der Waals surface area contributed by atoms with Gasteiger partial charge in [-0.05, 0) is 25.3 Å². The second-order valence-electron chi connectivity index (χ2n) is 12.7. The molecule has 0 aliphatic carbocycles. The first-order valence-electron chi connectivity index (χ1n) is 17.5. The number of hydrogen-bond acceptors (Lipinski definition) is 3. The van der Waals surface area contributed by atoms with E-state index in [9.17, 15) is 9.90 Å². The van der Waals surface area contributed by atoms with Gasteiger partial charge in [-0.15, -0.1) is 0 Å².